The van der Waals surface area contributed by atoms with E-state index in [-0.39, 0.29) is 17.6 Å². The van der Waals surface area contributed by atoms with Gasteiger partial charge in [0.2, 0.25) is 11.8 Å². The number of aromatic nitrogens is 3. The molecule has 28 heavy (non-hydrogen) atoms. The van der Waals surface area contributed by atoms with Crippen molar-refractivity contribution in [1.29, 1.82) is 0 Å². The van der Waals surface area contributed by atoms with Crippen LogP contribution in [-0.4, -0.2) is 37.9 Å². The van der Waals surface area contributed by atoms with Gasteiger partial charge in [-0.2, -0.15) is 0 Å². The topological polar surface area (TPSA) is 80.1 Å². The molecule has 2 amide bonds. The highest BCUT2D eigenvalue weighted by Gasteiger charge is 2.43. The van der Waals surface area contributed by atoms with Crippen LogP contribution in [0.2, 0.25) is 0 Å². The Bertz CT molecular complexity index is 1030. The van der Waals surface area contributed by atoms with Crippen molar-refractivity contribution < 1.29 is 9.59 Å². The summed E-state index contributed by atoms with van der Waals surface area (Å²) in [6.07, 6.45) is 1.62. The van der Waals surface area contributed by atoms with Gasteiger partial charge in [0.1, 0.15) is 11.9 Å². The molecule has 1 aromatic heterocycles. The fourth-order valence-electron chi connectivity index (χ4n) is 3.18. The zero-order chi connectivity index (χ0) is 19.7. The number of thioether (sulfide) groups is 1. The molecule has 0 atom stereocenters. The van der Waals surface area contributed by atoms with Crippen LogP contribution in [0.15, 0.2) is 66.1 Å². The fraction of sp³-hybridized carbons (Fsp3) is 0.200. The highest BCUT2D eigenvalue weighted by Crippen LogP contribution is 2.37. The second-order valence-corrected chi connectivity index (χ2v) is 7.81. The number of anilines is 2. The number of amides is 2. The number of hydrogen-bond acceptors (Lipinski definition) is 5. The molecule has 2 heterocycles. The summed E-state index contributed by atoms with van der Waals surface area (Å²) >= 11 is 1.29. The van der Waals surface area contributed by atoms with E-state index in [1.165, 1.54) is 11.8 Å². The highest BCUT2D eigenvalue weighted by atomic mass is 32.2. The molecule has 0 aliphatic carbocycles. The Labute approximate surface area is 166 Å². The normalized spacial score (nSPS) is 15.1. The number of nitrogens with zero attached hydrogens (tertiary/aromatic N) is 4. The van der Waals surface area contributed by atoms with Crippen molar-refractivity contribution in [1.82, 2.24) is 14.8 Å². The average molecular weight is 393 g/mol. The van der Waals surface area contributed by atoms with Gasteiger partial charge in [-0.25, -0.2) is 0 Å². The molecule has 142 valence electrons. The molecule has 8 heteroatoms. The lowest BCUT2D eigenvalue weighted by atomic mass is 9.96. The van der Waals surface area contributed by atoms with E-state index in [1.54, 1.807) is 31.1 Å². The number of carbonyl (C=O) groups excluding carboxylic acids is 2. The van der Waals surface area contributed by atoms with E-state index >= 15 is 0 Å². The van der Waals surface area contributed by atoms with Gasteiger partial charge in [-0.05, 0) is 38.1 Å². The first-order valence-electron chi connectivity index (χ1n) is 8.80. The first-order chi connectivity index (χ1) is 13.5. The monoisotopic (exact) mass is 393 g/mol. The van der Waals surface area contributed by atoms with Crippen molar-refractivity contribution in [2.24, 2.45) is 0 Å². The summed E-state index contributed by atoms with van der Waals surface area (Å²) in [5, 5.41) is 11.6. The Morgan fingerprint density at radius 2 is 1.82 bits per heavy atom. The van der Waals surface area contributed by atoms with Crippen molar-refractivity contribution in [3.63, 3.8) is 0 Å². The van der Waals surface area contributed by atoms with Gasteiger partial charge in [0.15, 0.2) is 5.16 Å². The average Bonchev–Trinajstić information content (AvgIpc) is 3.16. The molecule has 0 spiro atoms. The van der Waals surface area contributed by atoms with Crippen LogP contribution >= 0.6 is 11.8 Å². The maximum absolute atomic E-state index is 13.1. The van der Waals surface area contributed by atoms with Crippen LogP contribution in [0.1, 0.15) is 13.8 Å². The van der Waals surface area contributed by atoms with Gasteiger partial charge >= 0.3 is 0 Å². The van der Waals surface area contributed by atoms with Crippen molar-refractivity contribution in [3.05, 3.63) is 60.9 Å². The number of hydrogen-bond donors (Lipinski definition) is 1. The lowest BCUT2D eigenvalue weighted by Gasteiger charge is -2.42. The largest absolute Gasteiger partial charge is 0.322 e. The van der Waals surface area contributed by atoms with Crippen LogP contribution < -0.4 is 10.2 Å². The zero-order valence-corrected chi connectivity index (χ0v) is 16.3. The van der Waals surface area contributed by atoms with E-state index in [2.05, 4.69) is 15.5 Å². The van der Waals surface area contributed by atoms with Gasteiger partial charge < -0.3 is 5.32 Å². The fourth-order valence-corrected chi connectivity index (χ4v) is 3.96. The molecule has 7 nitrogen and oxygen atoms in total. The van der Waals surface area contributed by atoms with Crippen molar-refractivity contribution >= 4 is 35.0 Å². The molecule has 0 fully saturated rings. The number of benzene rings is 2. The Balaban J connectivity index is 1.58. The highest BCUT2D eigenvalue weighted by molar-refractivity contribution is 7.99. The van der Waals surface area contributed by atoms with E-state index in [4.69, 9.17) is 0 Å². The molecule has 0 unspecified atom stereocenters. The number of para-hydroxylation sites is 3. The Morgan fingerprint density at radius 1 is 1.11 bits per heavy atom. The van der Waals surface area contributed by atoms with Gasteiger partial charge in [-0.1, -0.05) is 42.1 Å². The van der Waals surface area contributed by atoms with Crippen molar-refractivity contribution in [2.75, 3.05) is 16.0 Å². The number of nitrogens with one attached hydrogen (secondary N) is 1. The van der Waals surface area contributed by atoms with E-state index < -0.39 is 5.54 Å². The summed E-state index contributed by atoms with van der Waals surface area (Å²) in [5.41, 5.74) is 1.27. The summed E-state index contributed by atoms with van der Waals surface area (Å²) in [4.78, 5) is 27.2. The molecule has 0 radical (unpaired) electrons. The smallest absolute Gasteiger partial charge is 0.250 e. The predicted molar refractivity (Wildman–Crippen MR) is 109 cm³/mol. The van der Waals surface area contributed by atoms with Gasteiger partial charge in [-0.3, -0.25) is 19.1 Å². The van der Waals surface area contributed by atoms with E-state index in [0.29, 0.717) is 16.5 Å². The number of fused-ring (bicyclic) bond motifs is 1. The van der Waals surface area contributed by atoms with Crippen LogP contribution in [-0.2, 0) is 9.59 Å². The van der Waals surface area contributed by atoms with Gasteiger partial charge in [0.05, 0.1) is 17.1 Å². The van der Waals surface area contributed by atoms with E-state index in [0.717, 1.165) is 5.69 Å². The molecule has 1 aliphatic rings. The maximum Gasteiger partial charge on any atom is 0.250 e. The van der Waals surface area contributed by atoms with Gasteiger partial charge in [0.25, 0.3) is 0 Å². The molecule has 4 rings (SSSR count). The molecule has 0 bridgehead atoms. The van der Waals surface area contributed by atoms with Crippen molar-refractivity contribution in [3.8, 4) is 5.69 Å². The first-order valence-corrected chi connectivity index (χ1v) is 9.79. The molecular weight excluding hydrogens is 374 g/mol. The zero-order valence-electron chi connectivity index (χ0n) is 15.5. The minimum Gasteiger partial charge on any atom is -0.322 e. The third kappa shape index (κ3) is 3.16. The lowest BCUT2D eigenvalue weighted by molar-refractivity contribution is -0.125. The lowest BCUT2D eigenvalue weighted by Crippen LogP contribution is -2.59. The first kappa shape index (κ1) is 18.2. The Morgan fingerprint density at radius 3 is 2.61 bits per heavy atom. The molecule has 1 N–H and O–H groups in total. The molecule has 3 aromatic rings. The molecule has 2 aromatic carbocycles. The van der Waals surface area contributed by atoms with Crippen LogP contribution in [0.3, 0.4) is 0 Å². The summed E-state index contributed by atoms with van der Waals surface area (Å²) in [6, 6.07) is 17.0. The molecule has 0 saturated carbocycles. The molecule has 1 aliphatic heterocycles. The standard InChI is InChI=1S/C20H19N5O2S/c1-20(2)18(27)22-15-10-6-7-11-16(15)25(20)17(26)12-28-19-23-21-13-24(19)14-8-4-3-5-9-14/h3-11,13H,12H2,1-2H3,(H,22,27). The SMILES string of the molecule is CC1(C)C(=O)Nc2ccccc2N1C(=O)CSc1nncn1-c1ccccc1. The number of carbonyl (C=O) groups is 2. The Kier molecular flexibility index (Phi) is 4.64. The summed E-state index contributed by atoms with van der Waals surface area (Å²) in [5.74, 6) is -0.242. The maximum atomic E-state index is 13.1. The van der Waals surface area contributed by atoms with Crippen LogP contribution in [0.25, 0.3) is 5.69 Å². The van der Waals surface area contributed by atoms with E-state index in [9.17, 15) is 9.59 Å². The van der Waals surface area contributed by atoms with Gasteiger partial charge in [-0.15, -0.1) is 10.2 Å². The summed E-state index contributed by atoms with van der Waals surface area (Å²) in [6.45, 7) is 3.49. The third-order valence-corrected chi connectivity index (χ3v) is 5.56. The minimum absolute atomic E-state index is 0.135. The quantitative estimate of drug-likeness (QED) is 0.689. The molecular formula is C20H19N5O2S. The van der Waals surface area contributed by atoms with Crippen LogP contribution in [0.5, 0.6) is 0 Å². The van der Waals surface area contributed by atoms with Crippen LogP contribution in [0, 0.1) is 0 Å². The molecule has 0 saturated heterocycles. The predicted octanol–water partition coefficient (Wildman–Crippen LogP) is 3.12. The van der Waals surface area contributed by atoms with Gasteiger partial charge in [0, 0.05) is 5.69 Å². The summed E-state index contributed by atoms with van der Waals surface area (Å²) in [7, 11) is 0. The van der Waals surface area contributed by atoms with Crippen LogP contribution in [0.4, 0.5) is 11.4 Å². The Hall–Kier alpha value is -3.13. The van der Waals surface area contributed by atoms with E-state index in [1.807, 2.05) is 53.1 Å². The second kappa shape index (κ2) is 7.12. The number of rotatable bonds is 4. The van der Waals surface area contributed by atoms with Crippen molar-refractivity contribution in [2.45, 2.75) is 24.5 Å². The third-order valence-electron chi connectivity index (χ3n) is 4.63. The minimum atomic E-state index is -0.987. The second-order valence-electron chi connectivity index (χ2n) is 6.87. The summed E-state index contributed by atoms with van der Waals surface area (Å²) < 4.78 is 1.83.